The molecule has 0 bridgehead atoms. The van der Waals surface area contributed by atoms with Crippen molar-refractivity contribution in [2.45, 2.75) is 12.5 Å². The lowest BCUT2D eigenvalue weighted by atomic mass is 10.00. The number of methoxy groups -OCH3 is 1. The van der Waals surface area contributed by atoms with Crippen molar-refractivity contribution in [3.05, 3.63) is 53.6 Å². The number of anilines is 2. The number of ether oxygens (including phenoxy) is 1. The van der Waals surface area contributed by atoms with Crippen LogP contribution in [0.25, 0.3) is 0 Å². The van der Waals surface area contributed by atoms with Gasteiger partial charge in [-0.2, -0.15) is 0 Å². The van der Waals surface area contributed by atoms with E-state index in [9.17, 15) is 9.59 Å². The minimum absolute atomic E-state index is 0.0171. The third-order valence-electron chi connectivity index (χ3n) is 6.58. The number of benzene rings is 2. The first-order valence-electron chi connectivity index (χ1n) is 11.4. The van der Waals surface area contributed by atoms with Gasteiger partial charge in [0, 0.05) is 63.8 Å². The van der Waals surface area contributed by atoms with Crippen LogP contribution >= 0.6 is 0 Å². The van der Waals surface area contributed by atoms with Crippen LogP contribution in [0.5, 0.6) is 5.75 Å². The van der Waals surface area contributed by atoms with E-state index in [0.717, 1.165) is 39.1 Å². The number of nitrogens with zero attached hydrogens (tertiary/aromatic N) is 3. The van der Waals surface area contributed by atoms with E-state index in [2.05, 4.69) is 57.6 Å². The molecule has 33 heavy (non-hydrogen) atoms. The van der Waals surface area contributed by atoms with Gasteiger partial charge in [-0.25, -0.2) is 0 Å². The van der Waals surface area contributed by atoms with Gasteiger partial charge in [0.05, 0.1) is 13.2 Å². The lowest BCUT2D eigenvalue weighted by Crippen LogP contribution is -2.49. The van der Waals surface area contributed by atoms with Gasteiger partial charge < -0.3 is 25.2 Å². The van der Waals surface area contributed by atoms with Crippen molar-refractivity contribution < 1.29 is 14.3 Å². The maximum Gasteiger partial charge on any atom is 0.313 e. The van der Waals surface area contributed by atoms with E-state index >= 15 is 0 Å². The maximum atomic E-state index is 12.6. The normalized spacial score (nSPS) is 17.4. The summed E-state index contributed by atoms with van der Waals surface area (Å²) >= 11 is 0. The van der Waals surface area contributed by atoms with Crippen molar-refractivity contribution in [2.75, 3.05) is 70.7 Å². The Bertz CT molecular complexity index is 1000. The fourth-order valence-electron chi connectivity index (χ4n) is 4.54. The molecule has 1 saturated heterocycles. The van der Waals surface area contributed by atoms with Crippen LogP contribution in [0.1, 0.15) is 17.2 Å². The van der Waals surface area contributed by atoms with E-state index in [-0.39, 0.29) is 6.04 Å². The molecule has 8 heteroatoms. The zero-order valence-electron chi connectivity index (χ0n) is 19.6. The molecule has 2 aliphatic rings. The first-order chi connectivity index (χ1) is 15.9. The second-order valence-corrected chi connectivity index (χ2v) is 8.81. The summed E-state index contributed by atoms with van der Waals surface area (Å²) in [6.07, 6.45) is 1.03. The molecule has 2 aromatic rings. The Morgan fingerprint density at radius 2 is 1.79 bits per heavy atom. The van der Waals surface area contributed by atoms with Crippen molar-refractivity contribution in [1.29, 1.82) is 0 Å². The molecule has 2 aromatic carbocycles. The topological polar surface area (TPSA) is 77.1 Å². The minimum atomic E-state index is -0.684. The van der Waals surface area contributed by atoms with Gasteiger partial charge in [0.25, 0.3) is 0 Å². The van der Waals surface area contributed by atoms with Crippen LogP contribution < -0.4 is 20.3 Å². The van der Waals surface area contributed by atoms with E-state index < -0.39 is 11.8 Å². The fourth-order valence-corrected chi connectivity index (χ4v) is 4.54. The molecule has 0 radical (unpaired) electrons. The zero-order valence-corrected chi connectivity index (χ0v) is 19.6. The van der Waals surface area contributed by atoms with Gasteiger partial charge in [0.2, 0.25) is 0 Å². The average Bonchev–Trinajstić information content (AvgIpc) is 3.20. The fraction of sp³-hybridized carbons (Fsp3) is 0.440. The van der Waals surface area contributed by atoms with Crippen LogP contribution in [0.3, 0.4) is 0 Å². The number of hydrogen-bond donors (Lipinski definition) is 2. The number of hydrogen-bond acceptors (Lipinski definition) is 6. The number of nitrogens with one attached hydrogen (secondary N) is 2. The van der Waals surface area contributed by atoms with E-state index in [1.165, 1.54) is 16.8 Å². The summed E-state index contributed by atoms with van der Waals surface area (Å²) in [6.45, 7) is 5.21. The molecule has 1 fully saturated rings. The van der Waals surface area contributed by atoms with Crippen LogP contribution in [0.2, 0.25) is 0 Å². The predicted octanol–water partition coefficient (Wildman–Crippen LogP) is 1.73. The van der Waals surface area contributed by atoms with Crippen LogP contribution in [0.15, 0.2) is 42.5 Å². The molecule has 8 nitrogen and oxygen atoms in total. The summed E-state index contributed by atoms with van der Waals surface area (Å²) in [4.78, 5) is 32.1. The van der Waals surface area contributed by atoms with Crippen molar-refractivity contribution in [2.24, 2.45) is 0 Å². The highest BCUT2D eigenvalue weighted by atomic mass is 16.5. The Kier molecular flexibility index (Phi) is 7.15. The first-order valence-corrected chi connectivity index (χ1v) is 11.4. The molecule has 0 spiro atoms. The third-order valence-corrected chi connectivity index (χ3v) is 6.58. The third kappa shape index (κ3) is 5.46. The van der Waals surface area contributed by atoms with Gasteiger partial charge in [0.1, 0.15) is 5.75 Å². The van der Waals surface area contributed by atoms with E-state index in [4.69, 9.17) is 4.74 Å². The van der Waals surface area contributed by atoms with Gasteiger partial charge in [-0.3, -0.25) is 14.5 Å². The van der Waals surface area contributed by atoms with Gasteiger partial charge in [-0.1, -0.05) is 18.2 Å². The van der Waals surface area contributed by atoms with Gasteiger partial charge in [0.15, 0.2) is 0 Å². The highest BCUT2D eigenvalue weighted by Crippen LogP contribution is 2.31. The van der Waals surface area contributed by atoms with Gasteiger partial charge >= 0.3 is 11.8 Å². The number of rotatable bonds is 6. The summed E-state index contributed by atoms with van der Waals surface area (Å²) in [7, 11) is 5.80. The lowest BCUT2D eigenvalue weighted by molar-refractivity contribution is -0.136. The van der Waals surface area contributed by atoms with E-state index in [1.807, 2.05) is 0 Å². The Hall–Kier alpha value is -3.10. The van der Waals surface area contributed by atoms with Crippen molar-refractivity contribution >= 4 is 23.2 Å². The Morgan fingerprint density at radius 1 is 1.00 bits per heavy atom. The zero-order chi connectivity index (χ0) is 23.4. The summed E-state index contributed by atoms with van der Waals surface area (Å²) in [5.74, 6) is -0.709. The summed E-state index contributed by atoms with van der Waals surface area (Å²) in [5, 5.41) is 5.51. The van der Waals surface area contributed by atoms with Gasteiger partial charge in [-0.05, 0) is 42.8 Å². The molecule has 0 aliphatic carbocycles. The second kappa shape index (κ2) is 10.2. The first kappa shape index (κ1) is 23.1. The van der Waals surface area contributed by atoms with Crippen molar-refractivity contribution in [1.82, 2.24) is 15.1 Å². The standard InChI is InChI=1S/C25H33N5O3/c1-28-11-13-30(14-12-28)23(18-7-8-22-19(15-18)9-10-29(22)2)17-26-24(31)25(32)27-20-5-4-6-21(16-20)33-3/h4-8,15-16,23H,9-14,17H2,1-3H3,(H,26,31)(H,27,32)/t23-/m1/s1. The van der Waals surface area contributed by atoms with Crippen LogP contribution in [-0.4, -0.2) is 82.1 Å². The van der Waals surface area contributed by atoms with Crippen LogP contribution in [0.4, 0.5) is 11.4 Å². The van der Waals surface area contributed by atoms with E-state index in [1.54, 1.807) is 31.4 Å². The Labute approximate surface area is 195 Å². The minimum Gasteiger partial charge on any atom is -0.497 e. The highest BCUT2D eigenvalue weighted by Gasteiger charge is 2.27. The molecule has 4 rings (SSSR count). The number of piperazine rings is 1. The average molecular weight is 452 g/mol. The lowest BCUT2D eigenvalue weighted by Gasteiger charge is -2.38. The van der Waals surface area contributed by atoms with E-state index in [0.29, 0.717) is 18.0 Å². The summed E-state index contributed by atoms with van der Waals surface area (Å²) in [5.41, 5.74) is 4.32. The number of likely N-dealkylation sites (N-methyl/N-ethyl adjacent to an activating group) is 2. The molecule has 2 aliphatic heterocycles. The molecule has 176 valence electrons. The van der Waals surface area contributed by atoms with Crippen molar-refractivity contribution in [3.63, 3.8) is 0 Å². The molecule has 0 aromatic heterocycles. The maximum absolute atomic E-state index is 12.6. The number of fused-ring (bicyclic) bond motifs is 1. The quantitative estimate of drug-likeness (QED) is 0.652. The molecule has 2 N–H and O–H groups in total. The monoisotopic (exact) mass is 451 g/mol. The predicted molar refractivity (Wildman–Crippen MR) is 130 cm³/mol. The molecule has 0 unspecified atom stereocenters. The molecule has 2 heterocycles. The van der Waals surface area contributed by atoms with Gasteiger partial charge in [-0.15, -0.1) is 0 Å². The molecular formula is C25H33N5O3. The second-order valence-electron chi connectivity index (χ2n) is 8.81. The van der Waals surface area contributed by atoms with Crippen LogP contribution in [0, 0.1) is 0 Å². The smallest absolute Gasteiger partial charge is 0.313 e. The SMILES string of the molecule is COc1cccc(NC(=O)C(=O)NC[C@H](c2ccc3c(c2)CCN3C)N2CCN(C)CC2)c1. The summed E-state index contributed by atoms with van der Waals surface area (Å²) in [6, 6.07) is 13.6. The molecular weight excluding hydrogens is 418 g/mol. The molecule has 0 saturated carbocycles. The number of carbonyl (C=O) groups excluding carboxylic acids is 2. The summed E-state index contributed by atoms with van der Waals surface area (Å²) < 4.78 is 5.17. The van der Waals surface area contributed by atoms with Crippen LogP contribution in [-0.2, 0) is 16.0 Å². The number of amides is 2. The van der Waals surface area contributed by atoms with Crippen molar-refractivity contribution in [3.8, 4) is 5.75 Å². The molecule has 2 amide bonds. The largest absolute Gasteiger partial charge is 0.497 e. The highest BCUT2D eigenvalue weighted by molar-refractivity contribution is 6.39. The Balaban J connectivity index is 1.45. The number of carbonyl (C=O) groups is 2. The molecule has 1 atom stereocenters. The Morgan fingerprint density at radius 3 is 2.55 bits per heavy atom.